The Morgan fingerprint density at radius 2 is 2.18 bits per heavy atom. The van der Waals surface area contributed by atoms with Crippen molar-refractivity contribution >= 4 is 15.7 Å². The second-order valence-electron chi connectivity index (χ2n) is 4.04. The van der Waals surface area contributed by atoms with Crippen molar-refractivity contribution < 1.29 is 13.2 Å². The minimum atomic E-state index is -3.11. The van der Waals surface area contributed by atoms with Gasteiger partial charge in [-0.05, 0) is 0 Å². The van der Waals surface area contributed by atoms with Crippen molar-refractivity contribution in [2.45, 2.75) is 18.8 Å². The van der Waals surface area contributed by atoms with Crippen molar-refractivity contribution in [1.82, 2.24) is 9.97 Å². The van der Waals surface area contributed by atoms with Crippen LogP contribution in [-0.4, -0.2) is 38.3 Å². The number of nitrogens with one attached hydrogen (secondary N) is 1. The Hall–Kier alpha value is -1.21. The molecule has 6 nitrogen and oxygen atoms in total. The molecule has 0 spiro atoms. The normalized spacial score (nSPS) is 15.4. The van der Waals surface area contributed by atoms with Crippen LogP contribution in [0.5, 0.6) is 0 Å². The first-order chi connectivity index (χ1) is 7.99. The highest BCUT2D eigenvalue weighted by molar-refractivity contribution is 7.89. The summed E-state index contributed by atoms with van der Waals surface area (Å²) in [5.41, 5.74) is 1.81. The van der Waals surface area contributed by atoms with Crippen molar-refractivity contribution in [2.75, 3.05) is 25.2 Å². The number of aromatic nitrogens is 2. The molecule has 0 radical (unpaired) electrons. The summed E-state index contributed by atoms with van der Waals surface area (Å²) in [4.78, 5) is 8.51. The Balaban J connectivity index is 2.42. The number of hydrogen-bond donors (Lipinski definition) is 1. The first kappa shape index (κ1) is 12.3. The van der Waals surface area contributed by atoms with Crippen LogP contribution in [0.4, 0.5) is 5.82 Å². The number of hydrogen-bond acceptors (Lipinski definition) is 6. The van der Waals surface area contributed by atoms with Crippen molar-refractivity contribution in [3.63, 3.8) is 0 Å². The average Bonchev–Trinajstić information content (AvgIpc) is 2.25. The summed E-state index contributed by atoms with van der Waals surface area (Å²) >= 11 is 0. The van der Waals surface area contributed by atoms with E-state index in [1.165, 1.54) is 6.26 Å². The van der Waals surface area contributed by atoms with Gasteiger partial charge in [-0.25, -0.2) is 18.4 Å². The zero-order valence-corrected chi connectivity index (χ0v) is 10.7. The van der Waals surface area contributed by atoms with Crippen molar-refractivity contribution in [1.29, 1.82) is 0 Å². The molecule has 2 heterocycles. The van der Waals surface area contributed by atoms with Crippen LogP contribution in [0, 0.1) is 0 Å². The SMILES string of the molecule is CNc1nc(CS(C)(=O)=O)nc2c1COCC2. The fraction of sp³-hybridized carbons (Fsp3) is 0.600. The Labute approximate surface area is 100 Å². The molecule has 1 N–H and O–H groups in total. The summed E-state index contributed by atoms with van der Waals surface area (Å²) in [6, 6.07) is 0. The number of fused-ring (bicyclic) bond motifs is 1. The van der Waals surface area contributed by atoms with Crippen LogP contribution in [0.3, 0.4) is 0 Å². The lowest BCUT2D eigenvalue weighted by molar-refractivity contribution is 0.109. The van der Waals surface area contributed by atoms with Crippen LogP contribution < -0.4 is 5.32 Å². The predicted molar refractivity (Wildman–Crippen MR) is 63.5 cm³/mol. The van der Waals surface area contributed by atoms with Crippen molar-refractivity contribution in [3.05, 3.63) is 17.1 Å². The highest BCUT2D eigenvalue weighted by Crippen LogP contribution is 2.22. The van der Waals surface area contributed by atoms with Gasteiger partial charge in [-0.2, -0.15) is 0 Å². The summed E-state index contributed by atoms with van der Waals surface area (Å²) in [6.07, 6.45) is 1.88. The van der Waals surface area contributed by atoms with Gasteiger partial charge < -0.3 is 10.1 Å². The molecule has 0 bridgehead atoms. The van der Waals surface area contributed by atoms with E-state index in [1.54, 1.807) is 7.05 Å². The van der Waals surface area contributed by atoms with Crippen molar-refractivity contribution in [2.24, 2.45) is 0 Å². The molecule has 0 amide bonds. The van der Waals surface area contributed by atoms with Gasteiger partial charge in [-0.3, -0.25) is 0 Å². The maximum atomic E-state index is 11.2. The van der Waals surface area contributed by atoms with Gasteiger partial charge >= 0.3 is 0 Å². The summed E-state index contributed by atoms with van der Waals surface area (Å²) in [7, 11) is -1.36. The third-order valence-corrected chi connectivity index (χ3v) is 3.28. The molecule has 1 aromatic heterocycles. The smallest absolute Gasteiger partial charge is 0.154 e. The highest BCUT2D eigenvalue weighted by atomic mass is 32.2. The van der Waals surface area contributed by atoms with Crippen LogP contribution in [0.15, 0.2) is 0 Å². The third kappa shape index (κ3) is 2.92. The zero-order valence-electron chi connectivity index (χ0n) is 9.86. The maximum Gasteiger partial charge on any atom is 0.154 e. The van der Waals surface area contributed by atoms with Crippen LogP contribution in [0.25, 0.3) is 0 Å². The monoisotopic (exact) mass is 257 g/mol. The van der Waals surface area contributed by atoms with E-state index >= 15 is 0 Å². The van der Waals surface area contributed by atoms with Gasteiger partial charge in [0.2, 0.25) is 0 Å². The second-order valence-corrected chi connectivity index (χ2v) is 6.18. The molecule has 94 valence electrons. The van der Waals surface area contributed by atoms with E-state index in [2.05, 4.69) is 15.3 Å². The van der Waals surface area contributed by atoms with Gasteiger partial charge in [0.05, 0.1) is 18.9 Å². The summed E-state index contributed by atoms with van der Waals surface area (Å²) < 4.78 is 27.8. The summed E-state index contributed by atoms with van der Waals surface area (Å²) in [6.45, 7) is 1.09. The fourth-order valence-corrected chi connectivity index (χ4v) is 2.39. The molecule has 7 heteroatoms. The van der Waals surface area contributed by atoms with Crippen LogP contribution in [-0.2, 0) is 33.4 Å². The number of anilines is 1. The lowest BCUT2D eigenvalue weighted by Gasteiger charge is -2.19. The van der Waals surface area contributed by atoms with Crippen molar-refractivity contribution in [3.8, 4) is 0 Å². The lowest BCUT2D eigenvalue weighted by atomic mass is 10.1. The molecule has 0 saturated carbocycles. The predicted octanol–water partition coefficient (Wildman–Crippen LogP) is 0.136. The van der Waals surface area contributed by atoms with Gasteiger partial charge in [0.15, 0.2) is 9.84 Å². The summed E-state index contributed by atoms with van der Waals surface area (Å²) in [5.74, 6) is 0.876. The van der Waals surface area contributed by atoms with Gasteiger partial charge in [0, 0.05) is 25.3 Å². The van der Waals surface area contributed by atoms with Crippen LogP contribution in [0.2, 0.25) is 0 Å². The fourth-order valence-electron chi connectivity index (χ4n) is 1.79. The lowest BCUT2D eigenvalue weighted by Crippen LogP contribution is -2.18. The quantitative estimate of drug-likeness (QED) is 0.829. The molecule has 0 aromatic carbocycles. The number of rotatable bonds is 3. The minimum absolute atomic E-state index is 0.129. The average molecular weight is 257 g/mol. The molecule has 17 heavy (non-hydrogen) atoms. The van der Waals surface area contributed by atoms with Gasteiger partial charge in [-0.15, -0.1) is 0 Å². The van der Waals surface area contributed by atoms with Crippen LogP contribution >= 0.6 is 0 Å². The maximum absolute atomic E-state index is 11.2. The Morgan fingerprint density at radius 1 is 1.41 bits per heavy atom. The molecule has 0 fully saturated rings. The van der Waals surface area contributed by atoms with E-state index in [-0.39, 0.29) is 5.75 Å². The number of nitrogens with zero attached hydrogens (tertiary/aromatic N) is 2. The molecule has 1 aromatic rings. The molecular weight excluding hydrogens is 242 g/mol. The highest BCUT2D eigenvalue weighted by Gasteiger charge is 2.19. The van der Waals surface area contributed by atoms with E-state index in [0.717, 1.165) is 11.3 Å². The standard InChI is InChI=1S/C10H15N3O3S/c1-11-10-7-5-16-4-3-8(7)12-9(13-10)6-17(2,14)15/h3-6H2,1-2H3,(H,11,12,13). The Kier molecular flexibility index (Phi) is 3.30. The molecule has 0 aliphatic carbocycles. The molecule has 0 saturated heterocycles. The Morgan fingerprint density at radius 3 is 2.82 bits per heavy atom. The number of sulfone groups is 1. The minimum Gasteiger partial charge on any atom is -0.376 e. The largest absolute Gasteiger partial charge is 0.376 e. The van der Waals surface area contributed by atoms with Gasteiger partial charge in [-0.1, -0.05) is 0 Å². The second kappa shape index (κ2) is 4.58. The third-order valence-electron chi connectivity index (χ3n) is 2.50. The van der Waals surface area contributed by atoms with E-state index in [4.69, 9.17) is 4.74 Å². The molecule has 0 atom stereocenters. The van der Waals surface area contributed by atoms with Gasteiger partial charge in [0.1, 0.15) is 17.4 Å². The first-order valence-electron chi connectivity index (χ1n) is 5.31. The van der Waals surface area contributed by atoms with E-state index in [9.17, 15) is 8.42 Å². The molecular formula is C10H15N3O3S. The van der Waals surface area contributed by atoms with E-state index in [1.807, 2.05) is 0 Å². The number of ether oxygens (including phenoxy) is 1. The zero-order chi connectivity index (χ0) is 12.5. The van der Waals surface area contributed by atoms with Gasteiger partial charge in [0.25, 0.3) is 0 Å². The molecule has 0 unspecified atom stereocenters. The molecule has 1 aliphatic heterocycles. The first-order valence-corrected chi connectivity index (χ1v) is 7.37. The Bertz CT molecular complexity index is 511. The van der Waals surface area contributed by atoms with Crippen LogP contribution in [0.1, 0.15) is 17.1 Å². The van der Waals surface area contributed by atoms with E-state index < -0.39 is 9.84 Å². The summed E-state index contributed by atoms with van der Waals surface area (Å²) in [5, 5.41) is 2.96. The molecule has 1 aliphatic rings. The van der Waals surface area contributed by atoms with E-state index in [0.29, 0.717) is 31.3 Å². The topological polar surface area (TPSA) is 81.2 Å². The molecule has 2 rings (SSSR count).